The highest BCUT2D eigenvalue weighted by atomic mass is 16.6. The summed E-state index contributed by atoms with van der Waals surface area (Å²) >= 11 is 0. The third-order valence-corrected chi connectivity index (χ3v) is 3.37. The molecule has 1 aliphatic rings. The SMILES string of the molecule is CNc1ncc([N+](=O)[O-])c(NCC2CCCN2C)n1. The summed E-state index contributed by atoms with van der Waals surface area (Å²) in [7, 11) is 3.74. The van der Waals surface area contributed by atoms with E-state index in [0.29, 0.717) is 18.5 Å². The maximum Gasteiger partial charge on any atom is 0.329 e. The summed E-state index contributed by atoms with van der Waals surface area (Å²) in [6.07, 6.45) is 3.48. The zero-order valence-corrected chi connectivity index (χ0v) is 11.1. The smallest absolute Gasteiger partial charge is 0.329 e. The van der Waals surface area contributed by atoms with Crippen LogP contribution in [0, 0.1) is 10.1 Å². The molecule has 8 nitrogen and oxygen atoms in total. The molecule has 0 bridgehead atoms. The van der Waals surface area contributed by atoms with Crippen molar-refractivity contribution in [2.45, 2.75) is 18.9 Å². The Morgan fingerprint density at radius 1 is 1.63 bits per heavy atom. The summed E-state index contributed by atoms with van der Waals surface area (Å²) in [6, 6.07) is 0.396. The molecule has 2 heterocycles. The van der Waals surface area contributed by atoms with Crippen molar-refractivity contribution >= 4 is 17.5 Å². The first-order valence-corrected chi connectivity index (χ1v) is 6.25. The van der Waals surface area contributed by atoms with E-state index in [9.17, 15) is 10.1 Å². The summed E-state index contributed by atoms with van der Waals surface area (Å²) in [6.45, 7) is 1.72. The van der Waals surface area contributed by atoms with Crippen LogP contribution in [0.15, 0.2) is 6.20 Å². The van der Waals surface area contributed by atoms with Gasteiger partial charge in [-0.25, -0.2) is 4.98 Å². The molecule has 0 spiro atoms. The summed E-state index contributed by atoms with van der Waals surface area (Å²) in [5.41, 5.74) is -0.0975. The van der Waals surface area contributed by atoms with E-state index in [1.54, 1.807) is 7.05 Å². The molecule has 2 rings (SSSR count). The average Bonchev–Trinajstić information content (AvgIpc) is 2.81. The van der Waals surface area contributed by atoms with Gasteiger partial charge in [-0.05, 0) is 26.4 Å². The summed E-state index contributed by atoms with van der Waals surface area (Å²) in [4.78, 5) is 20.7. The predicted molar refractivity (Wildman–Crippen MR) is 72.4 cm³/mol. The second-order valence-corrected chi connectivity index (χ2v) is 4.59. The number of aromatic nitrogens is 2. The zero-order valence-electron chi connectivity index (χ0n) is 11.1. The first-order chi connectivity index (χ1) is 9.11. The number of hydrogen-bond donors (Lipinski definition) is 2. The van der Waals surface area contributed by atoms with Gasteiger partial charge in [0.25, 0.3) is 0 Å². The molecule has 19 heavy (non-hydrogen) atoms. The molecule has 1 saturated heterocycles. The van der Waals surface area contributed by atoms with Gasteiger partial charge in [-0.3, -0.25) is 10.1 Å². The monoisotopic (exact) mass is 266 g/mol. The average molecular weight is 266 g/mol. The van der Waals surface area contributed by atoms with Gasteiger partial charge in [0, 0.05) is 19.6 Å². The first kappa shape index (κ1) is 13.5. The summed E-state index contributed by atoms with van der Waals surface area (Å²) in [5.74, 6) is 0.637. The minimum absolute atomic E-state index is 0.0975. The maximum absolute atomic E-state index is 10.9. The van der Waals surface area contributed by atoms with Crippen LogP contribution in [0.3, 0.4) is 0 Å². The van der Waals surface area contributed by atoms with Crippen LogP contribution in [0.1, 0.15) is 12.8 Å². The van der Waals surface area contributed by atoms with E-state index in [2.05, 4.69) is 32.5 Å². The molecule has 0 aliphatic carbocycles. The molecule has 1 aliphatic heterocycles. The van der Waals surface area contributed by atoms with Gasteiger partial charge in [0.1, 0.15) is 6.20 Å². The van der Waals surface area contributed by atoms with Crippen LogP contribution in [-0.2, 0) is 0 Å². The number of rotatable bonds is 5. The molecule has 8 heteroatoms. The molecule has 1 fully saturated rings. The Labute approximate surface area is 111 Å². The summed E-state index contributed by atoms with van der Waals surface area (Å²) < 4.78 is 0. The number of likely N-dealkylation sites (tertiary alicyclic amines) is 1. The quantitative estimate of drug-likeness (QED) is 0.604. The molecule has 1 unspecified atom stereocenters. The lowest BCUT2D eigenvalue weighted by molar-refractivity contribution is -0.384. The van der Waals surface area contributed by atoms with Gasteiger partial charge in [-0.2, -0.15) is 4.98 Å². The Morgan fingerprint density at radius 3 is 3.00 bits per heavy atom. The summed E-state index contributed by atoms with van der Waals surface area (Å²) in [5, 5.41) is 16.8. The molecular formula is C11H18N6O2. The van der Waals surface area contributed by atoms with Crippen LogP contribution in [0.4, 0.5) is 17.5 Å². The van der Waals surface area contributed by atoms with Crippen molar-refractivity contribution in [3.05, 3.63) is 16.3 Å². The maximum atomic E-state index is 10.9. The predicted octanol–water partition coefficient (Wildman–Crippen LogP) is 0.933. The van der Waals surface area contributed by atoms with E-state index in [1.807, 2.05) is 0 Å². The van der Waals surface area contributed by atoms with Crippen molar-refractivity contribution in [3.8, 4) is 0 Å². The minimum Gasteiger partial charge on any atom is -0.363 e. The minimum atomic E-state index is -0.472. The molecule has 1 atom stereocenters. The first-order valence-electron chi connectivity index (χ1n) is 6.25. The second-order valence-electron chi connectivity index (χ2n) is 4.59. The highest BCUT2D eigenvalue weighted by Gasteiger charge is 2.23. The Bertz CT molecular complexity index is 466. The van der Waals surface area contributed by atoms with Gasteiger partial charge in [-0.15, -0.1) is 0 Å². The Hall–Kier alpha value is -1.96. The number of nitrogens with zero attached hydrogens (tertiary/aromatic N) is 4. The highest BCUT2D eigenvalue weighted by molar-refractivity contribution is 5.56. The van der Waals surface area contributed by atoms with Gasteiger partial charge in [0.05, 0.1) is 4.92 Å². The highest BCUT2D eigenvalue weighted by Crippen LogP contribution is 2.23. The molecule has 2 N–H and O–H groups in total. The lowest BCUT2D eigenvalue weighted by atomic mass is 10.2. The van der Waals surface area contributed by atoms with E-state index in [0.717, 1.165) is 19.4 Å². The van der Waals surface area contributed by atoms with Crippen molar-refractivity contribution in [3.63, 3.8) is 0 Å². The standard InChI is InChI=1S/C11H18N6O2/c1-12-11-14-7-9(17(18)19)10(15-11)13-6-8-4-3-5-16(8)2/h7-8H,3-6H2,1-2H3,(H2,12,13,14,15). The van der Waals surface area contributed by atoms with Crippen LogP contribution >= 0.6 is 0 Å². The van der Waals surface area contributed by atoms with Crippen molar-refractivity contribution in [2.75, 3.05) is 37.8 Å². The Balaban J connectivity index is 2.10. The lowest BCUT2D eigenvalue weighted by Crippen LogP contribution is -2.31. The van der Waals surface area contributed by atoms with Crippen molar-refractivity contribution in [1.82, 2.24) is 14.9 Å². The van der Waals surface area contributed by atoms with Crippen LogP contribution in [-0.4, -0.2) is 53.0 Å². The van der Waals surface area contributed by atoms with Crippen LogP contribution in [0.25, 0.3) is 0 Å². The molecule has 104 valence electrons. The van der Waals surface area contributed by atoms with Crippen LogP contribution in [0.5, 0.6) is 0 Å². The fourth-order valence-corrected chi connectivity index (χ4v) is 2.21. The number of nitrogens with one attached hydrogen (secondary N) is 2. The van der Waals surface area contributed by atoms with Crippen LogP contribution in [0.2, 0.25) is 0 Å². The van der Waals surface area contributed by atoms with Gasteiger partial charge >= 0.3 is 5.69 Å². The Kier molecular flexibility index (Phi) is 4.10. The van der Waals surface area contributed by atoms with Crippen LogP contribution < -0.4 is 10.6 Å². The largest absolute Gasteiger partial charge is 0.363 e. The number of hydrogen-bond acceptors (Lipinski definition) is 7. The zero-order chi connectivity index (χ0) is 13.8. The van der Waals surface area contributed by atoms with E-state index in [4.69, 9.17) is 0 Å². The Morgan fingerprint density at radius 2 is 2.42 bits per heavy atom. The van der Waals surface area contributed by atoms with Gasteiger partial charge < -0.3 is 15.5 Å². The van der Waals surface area contributed by atoms with E-state index in [-0.39, 0.29) is 11.5 Å². The van der Waals surface area contributed by atoms with E-state index >= 15 is 0 Å². The number of anilines is 2. The fraction of sp³-hybridized carbons (Fsp3) is 0.636. The van der Waals surface area contributed by atoms with E-state index in [1.165, 1.54) is 6.20 Å². The van der Waals surface area contributed by atoms with Crippen molar-refractivity contribution < 1.29 is 4.92 Å². The van der Waals surface area contributed by atoms with Gasteiger partial charge in [-0.1, -0.05) is 0 Å². The molecule has 0 radical (unpaired) electrons. The molecule has 1 aromatic rings. The lowest BCUT2D eigenvalue weighted by Gasteiger charge is -2.19. The third kappa shape index (κ3) is 3.08. The molecule has 1 aromatic heterocycles. The topological polar surface area (TPSA) is 96.2 Å². The van der Waals surface area contributed by atoms with Gasteiger partial charge in [0.2, 0.25) is 11.8 Å². The van der Waals surface area contributed by atoms with E-state index < -0.39 is 4.92 Å². The fourth-order valence-electron chi connectivity index (χ4n) is 2.21. The second kappa shape index (κ2) is 5.79. The molecule has 0 amide bonds. The number of likely N-dealkylation sites (N-methyl/N-ethyl adjacent to an activating group) is 1. The van der Waals surface area contributed by atoms with Crippen molar-refractivity contribution in [1.29, 1.82) is 0 Å². The molecule has 0 aromatic carbocycles. The molecular weight excluding hydrogens is 248 g/mol. The normalized spacial score (nSPS) is 19.4. The van der Waals surface area contributed by atoms with Gasteiger partial charge in [0.15, 0.2) is 0 Å². The third-order valence-electron chi connectivity index (χ3n) is 3.37. The molecule has 0 saturated carbocycles. The van der Waals surface area contributed by atoms with Crippen molar-refractivity contribution in [2.24, 2.45) is 0 Å². The number of nitro groups is 1.